The number of hydrogen-bond donors (Lipinski definition) is 1. The van der Waals surface area contributed by atoms with E-state index in [1.165, 1.54) is 24.3 Å². The quantitative estimate of drug-likeness (QED) is 0.659. The second-order valence-electron chi connectivity index (χ2n) is 8.28. The number of rotatable bonds is 4. The molecule has 0 aliphatic carbocycles. The Balaban J connectivity index is 2.03. The van der Waals surface area contributed by atoms with Gasteiger partial charge < -0.3 is 0 Å². The zero-order chi connectivity index (χ0) is 22.8. The summed E-state index contributed by atoms with van der Waals surface area (Å²) in [4.78, 5) is 17.6. The first-order valence-corrected chi connectivity index (χ1v) is 11.2. The van der Waals surface area contributed by atoms with E-state index in [2.05, 4.69) is 4.72 Å². The van der Waals surface area contributed by atoms with Crippen molar-refractivity contribution in [3.05, 3.63) is 83.0 Å². The molecule has 1 amide bonds. The van der Waals surface area contributed by atoms with Crippen LogP contribution in [0.15, 0.2) is 65.6 Å². The second-order valence-corrected chi connectivity index (χ2v) is 9.96. The van der Waals surface area contributed by atoms with Crippen LogP contribution in [0.3, 0.4) is 0 Å². The zero-order valence-corrected chi connectivity index (χ0v) is 18.6. The highest BCUT2D eigenvalue weighted by molar-refractivity contribution is 7.90. The molecule has 0 spiro atoms. The number of aryl methyl sites for hydroxylation is 1. The average Bonchev–Trinajstić information content (AvgIpc) is 2.73. The standard InChI is InChI=1S/C24H23N3O3S/c1-16-5-9-18(10-6-16)22-20(13-14-21(26-22)24(2,3)4)23(28)27-31(29,30)19-11-7-17(15-25)8-12-19/h5-14H,1-4H3,(H,27,28). The lowest BCUT2D eigenvalue weighted by Gasteiger charge is -2.20. The van der Waals surface area contributed by atoms with Crippen molar-refractivity contribution in [2.75, 3.05) is 0 Å². The van der Waals surface area contributed by atoms with Gasteiger partial charge in [-0.2, -0.15) is 5.26 Å². The van der Waals surface area contributed by atoms with E-state index in [9.17, 15) is 13.2 Å². The minimum absolute atomic E-state index is 0.101. The van der Waals surface area contributed by atoms with E-state index in [1.807, 2.05) is 58.0 Å². The highest BCUT2D eigenvalue weighted by atomic mass is 32.2. The second kappa shape index (κ2) is 8.32. The Kier molecular flexibility index (Phi) is 5.96. The van der Waals surface area contributed by atoms with E-state index < -0.39 is 15.9 Å². The summed E-state index contributed by atoms with van der Waals surface area (Å²) < 4.78 is 27.5. The van der Waals surface area contributed by atoms with Gasteiger partial charge in [0.2, 0.25) is 0 Å². The SMILES string of the molecule is Cc1ccc(-c2nc(C(C)(C)C)ccc2C(=O)NS(=O)(=O)c2ccc(C#N)cc2)cc1. The maximum atomic E-state index is 13.0. The van der Waals surface area contributed by atoms with Crippen LogP contribution in [-0.2, 0) is 15.4 Å². The van der Waals surface area contributed by atoms with Crippen LogP contribution in [0.25, 0.3) is 11.3 Å². The van der Waals surface area contributed by atoms with Crippen molar-refractivity contribution in [2.24, 2.45) is 0 Å². The number of benzene rings is 2. The van der Waals surface area contributed by atoms with Gasteiger partial charge in [0, 0.05) is 16.7 Å². The van der Waals surface area contributed by atoms with Crippen LogP contribution in [0.5, 0.6) is 0 Å². The van der Waals surface area contributed by atoms with Crippen molar-refractivity contribution in [1.29, 1.82) is 5.26 Å². The first-order valence-electron chi connectivity index (χ1n) is 9.67. The van der Waals surface area contributed by atoms with Crippen molar-refractivity contribution >= 4 is 15.9 Å². The van der Waals surface area contributed by atoms with Crippen LogP contribution in [0.2, 0.25) is 0 Å². The van der Waals surface area contributed by atoms with E-state index in [4.69, 9.17) is 10.2 Å². The Hall–Kier alpha value is -3.50. The summed E-state index contributed by atoms with van der Waals surface area (Å²) in [5.74, 6) is -0.770. The molecule has 158 valence electrons. The highest BCUT2D eigenvalue weighted by Gasteiger charge is 2.24. The van der Waals surface area contributed by atoms with Gasteiger partial charge in [0.05, 0.1) is 27.8 Å². The number of aromatic nitrogens is 1. The van der Waals surface area contributed by atoms with E-state index in [0.29, 0.717) is 11.3 Å². The van der Waals surface area contributed by atoms with E-state index in [1.54, 1.807) is 12.1 Å². The Morgan fingerprint density at radius 1 is 0.968 bits per heavy atom. The molecule has 0 saturated carbocycles. The summed E-state index contributed by atoms with van der Waals surface area (Å²) in [5, 5.41) is 8.88. The molecule has 1 aromatic heterocycles. The third-order valence-corrected chi connectivity index (χ3v) is 6.10. The molecule has 2 aromatic carbocycles. The average molecular weight is 434 g/mol. The maximum absolute atomic E-state index is 13.0. The fourth-order valence-electron chi connectivity index (χ4n) is 2.94. The van der Waals surface area contributed by atoms with Gasteiger partial charge in [0.15, 0.2) is 0 Å². The molecular weight excluding hydrogens is 410 g/mol. The summed E-state index contributed by atoms with van der Waals surface area (Å²) in [6.45, 7) is 8.01. The predicted molar refractivity (Wildman–Crippen MR) is 119 cm³/mol. The molecule has 7 heteroatoms. The fourth-order valence-corrected chi connectivity index (χ4v) is 3.90. The summed E-state index contributed by atoms with van der Waals surface area (Å²) in [6, 6.07) is 18.2. The molecule has 0 aliphatic rings. The molecule has 0 atom stereocenters. The van der Waals surface area contributed by atoms with Crippen LogP contribution in [-0.4, -0.2) is 19.3 Å². The topological polar surface area (TPSA) is 99.9 Å². The van der Waals surface area contributed by atoms with Crippen LogP contribution < -0.4 is 4.72 Å². The van der Waals surface area contributed by atoms with Crippen LogP contribution in [0, 0.1) is 18.3 Å². The largest absolute Gasteiger partial charge is 0.268 e. The predicted octanol–water partition coefficient (Wildman–Crippen LogP) is 4.34. The number of nitrogens with zero attached hydrogens (tertiary/aromatic N) is 2. The van der Waals surface area contributed by atoms with E-state index >= 15 is 0 Å². The van der Waals surface area contributed by atoms with Gasteiger partial charge in [-0.05, 0) is 43.3 Å². The molecule has 1 N–H and O–H groups in total. The summed E-state index contributed by atoms with van der Waals surface area (Å²) in [6.07, 6.45) is 0. The van der Waals surface area contributed by atoms with Crippen molar-refractivity contribution in [1.82, 2.24) is 9.71 Å². The van der Waals surface area contributed by atoms with Crippen molar-refractivity contribution in [3.8, 4) is 17.3 Å². The molecule has 3 rings (SSSR count). The Morgan fingerprint density at radius 2 is 1.58 bits per heavy atom. The first kappa shape index (κ1) is 22.2. The minimum Gasteiger partial charge on any atom is -0.268 e. The minimum atomic E-state index is -4.11. The molecule has 31 heavy (non-hydrogen) atoms. The number of nitrogens with one attached hydrogen (secondary N) is 1. The zero-order valence-electron chi connectivity index (χ0n) is 17.8. The number of hydrogen-bond acceptors (Lipinski definition) is 5. The summed E-state index contributed by atoms with van der Waals surface area (Å²) >= 11 is 0. The Morgan fingerprint density at radius 3 is 2.13 bits per heavy atom. The number of carbonyl (C=O) groups excluding carboxylic acids is 1. The van der Waals surface area contributed by atoms with Crippen LogP contribution in [0.4, 0.5) is 0 Å². The molecule has 3 aromatic rings. The van der Waals surface area contributed by atoms with Crippen molar-refractivity contribution in [2.45, 2.75) is 38.0 Å². The third kappa shape index (κ3) is 4.98. The number of sulfonamides is 1. The third-order valence-electron chi connectivity index (χ3n) is 4.75. The van der Waals surface area contributed by atoms with Gasteiger partial charge in [0.1, 0.15) is 0 Å². The lowest BCUT2D eigenvalue weighted by atomic mass is 9.90. The monoisotopic (exact) mass is 433 g/mol. The summed E-state index contributed by atoms with van der Waals surface area (Å²) in [5.41, 5.74) is 3.23. The molecular formula is C24H23N3O3S. The van der Waals surface area contributed by atoms with E-state index in [0.717, 1.165) is 16.8 Å². The molecule has 1 heterocycles. The number of nitriles is 1. The normalized spacial score (nSPS) is 11.6. The molecule has 0 aliphatic heterocycles. The van der Waals surface area contributed by atoms with Gasteiger partial charge >= 0.3 is 0 Å². The fraction of sp³-hybridized carbons (Fsp3) is 0.208. The molecule has 0 fully saturated rings. The smallest absolute Gasteiger partial charge is 0.267 e. The number of carbonyl (C=O) groups is 1. The molecule has 0 saturated heterocycles. The lowest BCUT2D eigenvalue weighted by molar-refractivity contribution is 0.0981. The molecule has 0 bridgehead atoms. The molecule has 0 unspecified atom stereocenters. The number of pyridine rings is 1. The van der Waals surface area contributed by atoms with Gasteiger partial charge in [-0.15, -0.1) is 0 Å². The van der Waals surface area contributed by atoms with Gasteiger partial charge in [-0.3, -0.25) is 9.78 Å². The first-order chi connectivity index (χ1) is 14.5. The lowest BCUT2D eigenvalue weighted by Crippen LogP contribution is -2.31. The summed E-state index contributed by atoms with van der Waals surface area (Å²) in [7, 11) is -4.11. The molecule has 0 radical (unpaired) electrons. The van der Waals surface area contributed by atoms with Crippen LogP contribution in [0.1, 0.15) is 48.0 Å². The van der Waals surface area contributed by atoms with Gasteiger partial charge in [0.25, 0.3) is 15.9 Å². The van der Waals surface area contributed by atoms with Gasteiger partial charge in [-0.1, -0.05) is 50.6 Å². The molecule has 6 nitrogen and oxygen atoms in total. The van der Waals surface area contributed by atoms with Crippen molar-refractivity contribution in [3.63, 3.8) is 0 Å². The van der Waals surface area contributed by atoms with E-state index in [-0.39, 0.29) is 15.9 Å². The highest BCUT2D eigenvalue weighted by Crippen LogP contribution is 2.28. The Bertz CT molecular complexity index is 1270. The maximum Gasteiger partial charge on any atom is 0.267 e. The van der Waals surface area contributed by atoms with Crippen molar-refractivity contribution < 1.29 is 13.2 Å². The Labute approximate surface area is 182 Å². The van der Waals surface area contributed by atoms with Crippen LogP contribution >= 0.6 is 0 Å². The number of amides is 1. The van der Waals surface area contributed by atoms with Gasteiger partial charge in [-0.25, -0.2) is 13.1 Å².